The highest BCUT2D eigenvalue weighted by Crippen LogP contribution is 2.30. The van der Waals surface area contributed by atoms with E-state index in [9.17, 15) is 4.79 Å². The van der Waals surface area contributed by atoms with Gasteiger partial charge in [0.2, 0.25) is 5.91 Å². The molecule has 0 saturated heterocycles. The van der Waals surface area contributed by atoms with Gasteiger partial charge in [0.1, 0.15) is 11.5 Å². The van der Waals surface area contributed by atoms with Crippen molar-refractivity contribution in [3.8, 4) is 11.5 Å². The van der Waals surface area contributed by atoms with Crippen molar-refractivity contribution < 1.29 is 14.3 Å². The Bertz CT molecular complexity index is 789. The molecular formula is C21H31N3O3S. The second kappa shape index (κ2) is 11.0. The summed E-state index contributed by atoms with van der Waals surface area (Å²) in [7, 11) is 0. The molecule has 1 aromatic carbocycles. The number of unbranched alkanes of at least 4 members (excludes halogenated alkanes) is 1. The third kappa shape index (κ3) is 5.92. The van der Waals surface area contributed by atoms with E-state index < -0.39 is 0 Å². The highest BCUT2D eigenvalue weighted by atomic mass is 32.2. The summed E-state index contributed by atoms with van der Waals surface area (Å²) in [5, 5.41) is 3.84. The molecule has 0 unspecified atom stereocenters. The predicted molar refractivity (Wildman–Crippen MR) is 115 cm³/mol. The molecule has 1 heterocycles. The lowest BCUT2D eigenvalue weighted by molar-refractivity contribution is -0.113. The number of benzene rings is 1. The van der Waals surface area contributed by atoms with Crippen LogP contribution in [0.4, 0.5) is 5.69 Å². The minimum atomic E-state index is -0.0973. The molecule has 0 spiro atoms. The molecule has 2 rings (SSSR count). The van der Waals surface area contributed by atoms with Gasteiger partial charge in [-0.25, -0.2) is 4.98 Å². The third-order valence-electron chi connectivity index (χ3n) is 4.33. The minimum absolute atomic E-state index is 0.0973. The zero-order valence-corrected chi connectivity index (χ0v) is 18.3. The first kappa shape index (κ1) is 22.1. The summed E-state index contributed by atoms with van der Waals surface area (Å²) in [5.74, 6) is 1.53. The lowest BCUT2D eigenvalue weighted by Gasteiger charge is -2.14. The average molecular weight is 406 g/mol. The van der Waals surface area contributed by atoms with Gasteiger partial charge in [-0.2, -0.15) is 0 Å². The smallest absolute Gasteiger partial charge is 0.234 e. The molecule has 0 aliphatic rings. The number of nitrogens with zero attached hydrogens (tertiary/aromatic N) is 2. The molecule has 6 nitrogen and oxygen atoms in total. The van der Waals surface area contributed by atoms with Gasteiger partial charge in [-0.05, 0) is 46.2 Å². The Morgan fingerprint density at radius 3 is 2.61 bits per heavy atom. The molecule has 1 N–H and O–H groups in total. The maximum absolute atomic E-state index is 12.6. The summed E-state index contributed by atoms with van der Waals surface area (Å²) in [6, 6.07) is 5.46. The normalized spacial score (nSPS) is 10.8. The number of nitrogens with one attached hydrogen (secondary N) is 1. The number of ether oxygens (including phenoxy) is 2. The SMILES string of the molecule is CCCCn1c(SCC(=O)Nc2cc(OCC)ccc2OCC)nc(C)c1C. The fraction of sp³-hybridized carbons (Fsp3) is 0.524. The number of hydrogen-bond donors (Lipinski definition) is 1. The van der Waals surface area contributed by atoms with Gasteiger partial charge in [-0.1, -0.05) is 25.1 Å². The van der Waals surface area contributed by atoms with Crippen molar-refractivity contribution in [1.29, 1.82) is 0 Å². The topological polar surface area (TPSA) is 65.4 Å². The van der Waals surface area contributed by atoms with E-state index in [4.69, 9.17) is 9.47 Å². The fourth-order valence-corrected chi connectivity index (χ4v) is 3.69. The van der Waals surface area contributed by atoms with E-state index in [1.165, 1.54) is 17.5 Å². The van der Waals surface area contributed by atoms with Crippen LogP contribution in [0, 0.1) is 13.8 Å². The second-order valence-electron chi connectivity index (χ2n) is 6.43. The number of imidazole rings is 1. The summed E-state index contributed by atoms with van der Waals surface area (Å²) in [6.07, 6.45) is 2.22. The summed E-state index contributed by atoms with van der Waals surface area (Å²) in [4.78, 5) is 17.2. The summed E-state index contributed by atoms with van der Waals surface area (Å²) in [5.41, 5.74) is 2.81. The number of hydrogen-bond acceptors (Lipinski definition) is 5. The Morgan fingerprint density at radius 2 is 1.93 bits per heavy atom. The molecule has 0 saturated carbocycles. The minimum Gasteiger partial charge on any atom is -0.494 e. The Labute approximate surface area is 172 Å². The molecule has 0 fully saturated rings. The molecule has 0 bridgehead atoms. The number of carbonyl (C=O) groups excluding carboxylic acids is 1. The maximum atomic E-state index is 12.6. The van der Waals surface area contributed by atoms with Crippen LogP contribution in [0.25, 0.3) is 0 Å². The zero-order chi connectivity index (χ0) is 20.5. The van der Waals surface area contributed by atoms with Crippen molar-refractivity contribution in [2.45, 2.75) is 59.2 Å². The van der Waals surface area contributed by atoms with Crippen molar-refractivity contribution in [1.82, 2.24) is 9.55 Å². The van der Waals surface area contributed by atoms with Crippen LogP contribution in [0.5, 0.6) is 11.5 Å². The standard InChI is InChI=1S/C21H31N3O3S/c1-6-9-12-24-16(5)15(4)22-21(24)28-14-20(25)23-18-13-17(26-7-2)10-11-19(18)27-8-3/h10-11,13H,6-9,12,14H2,1-5H3,(H,23,25). The number of aryl methyl sites for hydroxylation is 1. The number of amides is 1. The van der Waals surface area contributed by atoms with Gasteiger partial charge in [-0.15, -0.1) is 0 Å². The molecule has 0 radical (unpaired) electrons. The monoisotopic (exact) mass is 405 g/mol. The van der Waals surface area contributed by atoms with E-state index in [-0.39, 0.29) is 11.7 Å². The van der Waals surface area contributed by atoms with Gasteiger partial charge in [0, 0.05) is 18.3 Å². The predicted octanol–water partition coefficient (Wildman–Crippen LogP) is 4.83. The van der Waals surface area contributed by atoms with E-state index >= 15 is 0 Å². The fourth-order valence-electron chi connectivity index (χ4n) is 2.77. The molecule has 0 aliphatic heterocycles. The molecule has 7 heteroatoms. The van der Waals surface area contributed by atoms with Crippen LogP contribution in [0.3, 0.4) is 0 Å². The number of thioether (sulfide) groups is 1. The highest BCUT2D eigenvalue weighted by molar-refractivity contribution is 7.99. The van der Waals surface area contributed by atoms with Gasteiger partial charge in [-0.3, -0.25) is 4.79 Å². The molecule has 2 aromatic rings. The Balaban J connectivity index is 2.06. The van der Waals surface area contributed by atoms with E-state index in [2.05, 4.69) is 28.7 Å². The van der Waals surface area contributed by atoms with Crippen LogP contribution in [0.15, 0.2) is 23.4 Å². The summed E-state index contributed by atoms with van der Waals surface area (Å²) < 4.78 is 13.4. The molecular weight excluding hydrogens is 374 g/mol. The molecule has 154 valence electrons. The van der Waals surface area contributed by atoms with E-state index in [1.54, 1.807) is 6.07 Å². The Morgan fingerprint density at radius 1 is 1.18 bits per heavy atom. The van der Waals surface area contributed by atoms with Crippen molar-refractivity contribution in [3.05, 3.63) is 29.6 Å². The maximum Gasteiger partial charge on any atom is 0.234 e. The average Bonchev–Trinajstić information content (AvgIpc) is 2.94. The number of carbonyl (C=O) groups is 1. The number of rotatable bonds is 11. The van der Waals surface area contributed by atoms with Crippen molar-refractivity contribution in [2.75, 3.05) is 24.3 Å². The Kier molecular flexibility index (Phi) is 8.70. The molecule has 1 amide bonds. The lowest BCUT2D eigenvalue weighted by atomic mass is 10.2. The highest BCUT2D eigenvalue weighted by Gasteiger charge is 2.15. The van der Waals surface area contributed by atoms with Gasteiger partial charge >= 0.3 is 0 Å². The zero-order valence-electron chi connectivity index (χ0n) is 17.5. The van der Waals surface area contributed by atoms with Gasteiger partial charge in [0.05, 0.1) is 30.3 Å². The number of aromatic nitrogens is 2. The number of anilines is 1. The molecule has 28 heavy (non-hydrogen) atoms. The van der Waals surface area contributed by atoms with E-state index in [1.807, 2.05) is 32.9 Å². The quantitative estimate of drug-likeness (QED) is 0.543. The van der Waals surface area contributed by atoms with Crippen LogP contribution in [0.2, 0.25) is 0 Å². The first-order valence-corrected chi connectivity index (χ1v) is 10.8. The van der Waals surface area contributed by atoms with Crippen molar-refractivity contribution >= 4 is 23.4 Å². The van der Waals surface area contributed by atoms with Crippen LogP contribution < -0.4 is 14.8 Å². The largest absolute Gasteiger partial charge is 0.494 e. The van der Waals surface area contributed by atoms with E-state index in [0.717, 1.165) is 30.2 Å². The van der Waals surface area contributed by atoms with Crippen LogP contribution in [0.1, 0.15) is 45.0 Å². The van der Waals surface area contributed by atoms with Crippen LogP contribution >= 0.6 is 11.8 Å². The first-order valence-electron chi connectivity index (χ1n) is 9.86. The van der Waals surface area contributed by atoms with Crippen molar-refractivity contribution in [2.24, 2.45) is 0 Å². The van der Waals surface area contributed by atoms with Gasteiger partial charge in [0.25, 0.3) is 0 Å². The first-order chi connectivity index (χ1) is 13.5. The molecule has 1 aromatic heterocycles. The van der Waals surface area contributed by atoms with Gasteiger partial charge in [0.15, 0.2) is 5.16 Å². The summed E-state index contributed by atoms with van der Waals surface area (Å²) in [6.45, 7) is 12.1. The summed E-state index contributed by atoms with van der Waals surface area (Å²) >= 11 is 1.46. The van der Waals surface area contributed by atoms with Crippen molar-refractivity contribution in [3.63, 3.8) is 0 Å². The Hall–Kier alpha value is -2.15. The van der Waals surface area contributed by atoms with E-state index in [0.29, 0.717) is 30.4 Å². The molecule has 0 atom stereocenters. The van der Waals surface area contributed by atoms with Crippen LogP contribution in [-0.4, -0.2) is 34.4 Å². The lowest BCUT2D eigenvalue weighted by Crippen LogP contribution is -2.16. The van der Waals surface area contributed by atoms with Gasteiger partial charge < -0.3 is 19.4 Å². The second-order valence-corrected chi connectivity index (χ2v) is 7.37. The third-order valence-corrected chi connectivity index (χ3v) is 5.30. The molecule has 0 aliphatic carbocycles. The van der Waals surface area contributed by atoms with Crippen LogP contribution in [-0.2, 0) is 11.3 Å².